The van der Waals surface area contributed by atoms with Crippen LogP contribution in [0.3, 0.4) is 0 Å². The van der Waals surface area contributed by atoms with E-state index >= 15 is 0 Å². The normalized spacial score (nSPS) is 10.5. The van der Waals surface area contributed by atoms with E-state index in [1.807, 2.05) is 13.1 Å². The Kier molecular flexibility index (Phi) is 7.89. The number of aryl methyl sites for hydroxylation is 1. The number of hydrogen-bond donors (Lipinski definition) is 2. The van der Waals surface area contributed by atoms with Gasteiger partial charge in [0.15, 0.2) is 0 Å². The molecule has 0 bridgehead atoms. The van der Waals surface area contributed by atoms with Crippen molar-refractivity contribution >= 4 is 11.6 Å². The van der Waals surface area contributed by atoms with Crippen LogP contribution in [0.1, 0.15) is 38.9 Å². The van der Waals surface area contributed by atoms with Gasteiger partial charge in [-0.25, -0.2) is 9.97 Å². The Labute approximate surface area is 116 Å². The van der Waals surface area contributed by atoms with Gasteiger partial charge < -0.3 is 15.4 Å². The van der Waals surface area contributed by atoms with Gasteiger partial charge in [-0.2, -0.15) is 0 Å². The molecule has 0 aliphatic heterocycles. The first-order valence-electron chi connectivity index (χ1n) is 7.17. The lowest BCUT2D eigenvalue weighted by molar-refractivity contribution is 0.131. The zero-order valence-electron chi connectivity index (χ0n) is 12.3. The molecule has 1 rings (SSSR count). The van der Waals surface area contributed by atoms with E-state index in [0.717, 1.165) is 56.5 Å². The van der Waals surface area contributed by atoms with E-state index in [1.54, 1.807) is 0 Å². The fourth-order valence-electron chi connectivity index (χ4n) is 1.61. The molecule has 0 unspecified atom stereocenters. The average molecular weight is 266 g/mol. The van der Waals surface area contributed by atoms with Crippen LogP contribution in [0.4, 0.5) is 11.6 Å². The number of nitrogens with one attached hydrogen (secondary N) is 2. The summed E-state index contributed by atoms with van der Waals surface area (Å²) in [6, 6.07) is 1.93. The molecule has 5 heteroatoms. The molecule has 0 fully saturated rings. The van der Waals surface area contributed by atoms with Crippen molar-refractivity contribution in [3.8, 4) is 0 Å². The van der Waals surface area contributed by atoms with Gasteiger partial charge in [0.1, 0.15) is 17.5 Å². The summed E-state index contributed by atoms with van der Waals surface area (Å²) in [4.78, 5) is 8.81. The topological polar surface area (TPSA) is 59.1 Å². The molecule has 0 spiro atoms. The van der Waals surface area contributed by atoms with Crippen LogP contribution >= 0.6 is 0 Å². The van der Waals surface area contributed by atoms with Gasteiger partial charge in [-0.3, -0.25) is 0 Å². The van der Waals surface area contributed by atoms with Crippen LogP contribution < -0.4 is 10.6 Å². The summed E-state index contributed by atoms with van der Waals surface area (Å²) in [7, 11) is 1.87. The fraction of sp³-hybridized carbons (Fsp3) is 0.714. The Morgan fingerprint density at radius 2 is 1.84 bits per heavy atom. The lowest BCUT2D eigenvalue weighted by Gasteiger charge is -2.09. The number of aromatic nitrogens is 2. The lowest BCUT2D eigenvalue weighted by Crippen LogP contribution is -2.09. The van der Waals surface area contributed by atoms with Crippen LogP contribution in [0, 0.1) is 0 Å². The van der Waals surface area contributed by atoms with Gasteiger partial charge in [0.05, 0.1) is 0 Å². The first-order valence-corrected chi connectivity index (χ1v) is 7.17. The number of rotatable bonds is 10. The average Bonchev–Trinajstić information content (AvgIpc) is 2.45. The Balaban J connectivity index is 2.28. The van der Waals surface area contributed by atoms with Crippen LogP contribution in [0.25, 0.3) is 0 Å². The van der Waals surface area contributed by atoms with E-state index in [-0.39, 0.29) is 0 Å². The zero-order valence-corrected chi connectivity index (χ0v) is 12.3. The summed E-state index contributed by atoms with van der Waals surface area (Å²) in [6.07, 6.45) is 4.16. The minimum atomic E-state index is 0.803. The van der Waals surface area contributed by atoms with Crippen molar-refractivity contribution in [3.63, 3.8) is 0 Å². The van der Waals surface area contributed by atoms with Crippen LogP contribution in [-0.4, -0.2) is 36.8 Å². The summed E-state index contributed by atoms with van der Waals surface area (Å²) < 4.78 is 5.52. The van der Waals surface area contributed by atoms with E-state index in [0.29, 0.717) is 0 Å². The molecule has 0 radical (unpaired) electrons. The first kappa shape index (κ1) is 15.7. The maximum Gasteiger partial charge on any atom is 0.132 e. The van der Waals surface area contributed by atoms with Crippen molar-refractivity contribution in [2.75, 3.05) is 37.4 Å². The van der Waals surface area contributed by atoms with Gasteiger partial charge in [-0.1, -0.05) is 20.3 Å². The van der Waals surface area contributed by atoms with E-state index < -0.39 is 0 Å². The molecular formula is C14H26N4O. The molecule has 108 valence electrons. The Morgan fingerprint density at radius 1 is 1.11 bits per heavy atom. The Hall–Kier alpha value is -1.36. The van der Waals surface area contributed by atoms with Gasteiger partial charge in [-0.15, -0.1) is 0 Å². The van der Waals surface area contributed by atoms with Crippen LogP contribution in [0.2, 0.25) is 0 Å². The summed E-state index contributed by atoms with van der Waals surface area (Å²) in [5.41, 5.74) is 0. The zero-order chi connectivity index (χ0) is 13.9. The summed E-state index contributed by atoms with van der Waals surface area (Å²) >= 11 is 0. The van der Waals surface area contributed by atoms with E-state index in [1.165, 1.54) is 6.42 Å². The van der Waals surface area contributed by atoms with E-state index in [9.17, 15) is 0 Å². The molecule has 1 aromatic rings. The SMILES string of the molecule is CCCCOCCCNc1cc(NC)nc(CC)n1. The number of unbranched alkanes of at least 4 members (excludes halogenated alkanes) is 1. The predicted molar refractivity (Wildman–Crippen MR) is 79.8 cm³/mol. The molecule has 19 heavy (non-hydrogen) atoms. The van der Waals surface area contributed by atoms with Crippen molar-refractivity contribution < 1.29 is 4.74 Å². The van der Waals surface area contributed by atoms with Crippen LogP contribution in [0.15, 0.2) is 6.07 Å². The van der Waals surface area contributed by atoms with Gasteiger partial charge in [0.2, 0.25) is 0 Å². The number of hydrogen-bond acceptors (Lipinski definition) is 5. The van der Waals surface area contributed by atoms with E-state index in [2.05, 4.69) is 34.4 Å². The number of nitrogens with zero attached hydrogens (tertiary/aromatic N) is 2. The van der Waals surface area contributed by atoms with Gasteiger partial charge >= 0.3 is 0 Å². The highest BCUT2D eigenvalue weighted by Gasteiger charge is 2.01. The quantitative estimate of drug-likeness (QED) is 0.638. The Bertz CT molecular complexity index is 335. The third-order valence-corrected chi connectivity index (χ3v) is 2.76. The third kappa shape index (κ3) is 6.38. The van der Waals surface area contributed by atoms with Crippen molar-refractivity contribution in [1.82, 2.24) is 9.97 Å². The third-order valence-electron chi connectivity index (χ3n) is 2.76. The summed E-state index contributed by atoms with van der Waals surface area (Å²) in [5, 5.41) is 6.36. The molecule has 0 aromatic carbocycles. The molecule has 1 aromatic heterocycles. The second-order valence-corrected chi connectivity index (χ2v) is 4.40. The maximum atomic E-state index is 5.52. The minimum Gasteiger partial charge on any atom is -0.381 e. The highest BCUT2D eigenvalue weighted by Crippen LogP contribution is 2.11. The molecule has 0 amide bonds. The lowest BCUT2D eigenvalue weighted by atomic mass is 10.3. The summed E-state index contributed by atoms with van der Waals surface area (Å²) in [6.45, 7) is 6.77. The molecule has 0 aliphatic rings. The van der Waals surface area contributed by atoms with Crippen molar-refractivity contribution in [3.05, 3.63) is 11.9 Å². The highest BCUT2D eigenvalue weighted by atomic mass is 16.5. The molecule has 0 aliphatic carbocycles. The molecule has 5 nitrogen and oxygen atoms in total. The Morgan fingerprint density at radius 3 is 2.53 bits per heavy atom. The largest absolute Gasteiger partial charge is 0.381 e. The molecular weight excluding hydrogens is 240 g/mol. The maximum absolute atomic E-state index is 5.52. The molecule has 0 saturated carbocycles. The molecule has 2 N–H and O–H groups in total. The predicted octanol–water partition coefficient (Wildman–Crippen LogP) is 2.70. The molecule has 1 heterocycles. The first-order chi connectivity index (χ1) is 9.30. The standard InChI is InChI=1S/C14H26N4O/c1-4-6-9-19-10-7-8-16-14-11-13(15-3)17-12(5-2)18-14/h11H,4-10H2,1-3H3,(H2,15,16,17,18). The number of anilines is 2. The number of ether oxygens (including phenoxy) is 1. The smallest absolute Gasteiger partial charge is 0.132 e. The second-order valence-electron chi connectivity index (χ2n) is 4.40. The fourth-order valence-corrected chi connectivity index (χ4v) is 1.61. The second kappa shape index (κ2) is 9.55. The highest BCUT2D eigenvalue weighted by molar-refractivity contribution is 5.47. The minimum absolute atomic E-state index is 0.803. The van der Waals surface area contributed by atoms with E-state index in [4.69, 9.17) is 4.74 Å². The van der Waals surface area contributed by atoms with Gasteiger partial charge in [0.25, 0.3) is 0 Å². The van der Waals surface area contributed by atoms with Crippen molar-refractivity contribution in [2.45, 2.75) is 39.5 Å². The van der Waals surface area contributed by atoms with Gasteiger partial charge in [0, 0.05) is 39.3 Å². The van der Waals surface area contributed by atoms with Crippen LogP contribution in [-0.2, 0) is 11.2 Å². The van der Waals surface area contributed by atoms with Crippen molar-refractivity contribution in [1.29, 1.82) is 0 Å². The molecule has 0 saturated heterocycles. The van der Waals surface area contributed by atoms with Gasteiger partial charge in [-0.05, 0) is 12.8 Å². The molecule has 0 atom stereocenters. The van der Waals surface area contributed by atoms with Crippen molar-refractivity contribution in [2.24, 2.45) is 0 Å². The van der Waals surface area contributed by atoms with Crippen LogP contribution in [0.5, 0.6) is 0 Å². The monoisotopic (exact) mass is 266 g/mol. The summed E-state index contributed by atoms with van der Waals surface area (Å²) in [5.74, 6) is 2.59.